The summed E-state index contributed by atoms with van der Waals surface area (Å²) in [6, 6.07) is 11.2. The molecule has 3 rings (SSSR count). The van der Waals surface area contributed by atoms with Crippen LogP contribution < -0.4 is 14.8 Å². The van der Waals surface area contributed by atoms with Crippen LogP contribution in [0.3, 0.4) is 0 Å². The van der Waals surface area contributed by atoms with Crippen LogP contribution in [-0.4, -0.2) is 36.5 Å². The number of hydrogen-bond acceptors (Lipinski definition) is 5. The van der Waals surface area contributed by atoms with Crippen molar-refractivity contribution in [3.05, 3.63) is 53.0 Å². The summed E-state index contributed by atoms with van der Waals surface area (Å²) in [4.78, 5) is 13.6. The van der Waals surface area contributed by atoms with E-state index in [0.29, 0.717) is 30.2 Å². The van der Waals surface area contributed by atoms with Crippen molar-refractivity contribution in [2.24, 2.45) is 0 Å². The van der Waals surface area contributed by atoms with Gasteiger partial charge in [0.15, 0.2) is 0 Å². The molecule has 0 aliphatic rings. The van der Waals surface area contributed by atoms with Crippen molar-refractivity contribution in [1.82, 2.24) is 15.1 Å². The highest BCUT2D eigenvalue weighted by atomic mass is 32.1. The van der Waals surface area contributed by atoms with Gasteiger partial charge in [-0.3, -0.25) is 9.48 Å². The average Bonchev–Trinajstić information content (AvgIpc) is 3.31. The van der Waals surface area contributed by atoms with Crippen LogP contribution in [0.25, 0.3) is 10.6 Å². The van der Waals surface area contributed by atoms with Crippen LogP contribution in [0.15, 0.2) is 41.8 Å². The minimum absolute atomic E-state index is 0.187. The summed E-state index contributed by atoms with van der Waals surface area (Å²) in [5.74, 6) is 0.941. The highest BCUT2D eigenvalue weighted by Crippen LogP contribution is 2.25. The van der Waals surface area contributed by atoms with Gasteiger partial charge in [-0.15, -0.1) is 11.3 Å². The number of carbonyl (C=O) groups is 1. The second-order valence-electron chi connectivity index (χ2n) is 5.69. The molecule has 0 fully saturated rings. The number of ether oxygens (including phenoxy) is 2. The first kappa shape index (κ1) is 18.0. The summed E-state index contributed by atoms with van der Waals surface area (Å²) in [5, 5.41) is 9.56. The van der Waals surface area contributed by atoms with Crippen molar-refractivity contribution >= 4 is 17.2 Å². The maximum Gasteiger partial charge on any atom is 0.255 e. The molecule has 0 spiro atoms. The van der Waals surface area contributed by atoms with E-state index in [9.17, 15) is 4.79 Å². The Morgan fingerprint density at radius 2 is 2.08 bits per heavy atom. The van der Waals surface area contributed by atoms with Gasteiger partial charge in [0.1, 0.15) is 17.2 Å². The maximum absolute atomic E-state index is 12.4. The summed E-state index contributed by atoms with van der Waals surface area (Å²) >= 11 is 1.66. The van der Waals surface area contributed by atoms with E-state index in [-0.39, 0.29) is 5.91 Å². The van der Waals surface area contributed by atoms with Crippen LogP contribution in [-0.2, 0) is 6.54 Å². The van der Waals surface area contributed by atoms with Crippen LogP contribution in [0, 0.1) is 6.92 Å². The summed E-state index contributed by atoms with van der Waals surface area (Å²) in [5.41, 5.74) is 2.50. The molecular formula is C19H21N3O3S. The zero-order valence-electron chi connectivity index (χ0n) is 15.0. The van der Waals surface area contributed by atoms with Gasteiger partial charge in [0.05, 0.1) is 31.2 Å². The van der Waals surface area contributed by atoms with Crippen LogP contribution in [0.5, 0.6) is 11.5 Å². The number of carbonyl (C=O) groups excluding carboxylic acids is 1. The molecule has 7 heteroatoms. The van der Waals surface area contributed by atoms with Crippen LogP contribution in [0.4, 0.5) is 0 Å². The number of benzene rings is 1. The van der Waals surface area contributed by atoms with Gasteiger partial charge in [-0.2, -0.15) is 5.10 Å². The number of methoxy groups -OCH3 is 2. The van der Waals surface area contributed by atoms with Crippen LogP contribution in [0.2, 0.25) is 0 Å². The van der Waals surface area contributed by atoms with Gasteiger partial charge >= 0.3 is 0 Å². The first-order valence-electron chi connectivity index (χ1n) is 8.21. The van der Waals surface area contributed by atoms with Crippen molar-refractivity contribution in [2.45, 2.75) is 13.5 Å². The monoisotopic (exact) mass is 371 g/mol. The third kappa shape index (κ3) is 3.88. The Hall–Kier alpha value is -2.80. The molecule has 0 unspecified atom stereocenters. The third-order valence-electron chi connectivity index (χ3n) is 4.02. The molecule has 0 radical (unpaired) electrons. The topological polar surface area (TPSA) is 65.4 Å². The minimum Gasteiger partial charge on any atom is -0.497 e. The van der Waals surface area contributed by atoms with E-state index < -0.39 is 0 Å². The highest BCUT2D eigenvalue weighted by molar-refractivity contribution is 7.13. The van der Waals surface area contributed by atoms with Crippen molar-refractivity contribution in [3.8, 4) is 22.1 Å². The second-order valence-corrected chi connectivity index (χ2v) is 6.64. The first-order chi connectivity index (χ1) is 12.6. The fourth-order valence-corrected chi connectivity index (χ4v) is 3.32. The summed E-state index contributed by atoms with van der Waals surface area (Å²) in [7, 11) is 3.11. The number of amides is 1. The van der Waals surface area contributed by atoms with E-state index in [0.717, 1.165) is 16.3 Å². The minimum atomic E-state index is -0.187. The summed E-state index contributed by atoms with van der Waals surface area (Å²) < 4.78 is 12.3. The number of rotatable bonds is 7. The van der Waals surface area contributed by atoms with Crippen molar-refractivity contribution in [2.75, 3.05) is 20.8 Å². The molecule has 1 amide bonds. The van der Waals surface area contributed by atoms with Crippen molar-refractivity contribution in [3.63, 3.8) is 0 Å². The average molecular weight is 371 g/mol. The van der Waals surface area contributed by atoms with Crippen LogP contribution in [0.1, 0.15) is 16.1 Å². The van der Waals surface area contributed by atoms with Gasteiger partial charge in [0.25, 0.3) is 5.91 Å². The Balaban J connectivity index is 1.62. The van der Waals surface area contributed by atoms with E-state index in [1.807, 2.05) is 23.1 Å². The molecule has 0 aliphatic heterocycles. The van der Waals surface area contributed by atoms with Crippen LogP contribution >= 0.6 is 11.3 Å². The Bertz CT molecular complexity index is 888. The largest absolute Gasteiger partial charge is 0.497 e. The van der Waals surface area contributed by atoms with Gasteiger partial charge in [0, 0.05) is 18.3 Å². The molecule has 0 bridgehead atoms. The smallest absolute Gasteiger partial charge is 0.255 e. The fraction of sp³-hybridized carbons (Fsp3) is 0.263. The third-order valence-corrected chi connectivity index (χ3v) is 4.91. The highest BCUT2D eigenvalue weighted by Gasteiger charge is 2.13. The Kier molecular flexibility index (Phi) is 5.58. The molecule has 1 aromatic carbocycles. The summed E-state index contributed by atoms with van der Waals surface area (Å²) in [6.45, 7) is 3.08. The first-order valence-corrected chi connectivity index (χ1v) is 9.09. The van der Waals surface area contributed by atoms with E-state index in [1.54, 1.807) is 36.6 Å². The lowest BCUT2D eigenvalue weighted by atomic mass is 10.1. The number of hydrogen-bond donors (Lipinski definition) is 1. The molecule has 2 heterocycles. The van der Waals surface area contributed by atoms with Gasteiger partial charge in [-0.05, 0) is 36.6 Å². The Morgan fingerprint density at radius 3 is 2.77 bits per heavy atom. The molecule has 3 aromatic rings. The molecule has 6 nitrogen and oxygen atoms in total. The van der Waals surface area contributed by atoms with E-state index in [4.69, 9.17) is 9.47 Å². The molecule has 2 aromatic heterocycles. The number of aromatic nitrogens is 2. The SMILES string of the molecule is COc1ccc(C(=O)NCCn2nc(-c3cccs3)cc2C)c(OC)c1. The van der Waals surface area contributed by atoms with Gasteiger partial charge < -0.3 is 14.8 Å². The molecule has 136 valence electrons. The number of nitrogens with one attached hydrogen (secondary N) is 1. The lowest BCUT2D eigenvalue weighted by molar-refractivity contribution is 0.0948. The van der Waals surface area contributed by atoms with Crippen molar-refractivity contribution in [1.29, 1.82) is 0 Å². The molecule has 0 atom stereocenters. The molecule has 0 aliphatic carbocycles. The Morgan fingerprint density at radius 1 is 1.23 bits per heavy atom. The molecule has 0 saturated carbocycles. The molecular weight excluding hydrogens is 350 g/mol. The second kappa shape index (κ2) is 8.05. The van der Waals surface area contributed by atoms with Gasteiger partial charge in [-0.1, -0.05) is 6.07 Å². The zero-order chi connectivity index (χ0) is 18.5. The standard InChI is InChI=1S/C19H21N3O3S/c1-13-11-16(18-5-4-10-26-18)21-22(13)9-8-20-19(23)15-7-6-14(24-2)12-17(15)25-3/h4-7,10-12H,8-9H2,1-3H3,(H,20,23). The number of thiophene rings is 1. The van der Waals surface area contributed by atoms with Gasteiger partial charge in [0.2, 0.25) is 0 Å². The normalized spacial score (nSPS) is 10.6. The lowest BCUT2D eigenvalue weighted by Crippen LogP contribution is -2.28. The van der Waals surface area contributed by atoms with Crippen molar-refractivity contribution < 1.29 is 14.3 Å². The number of nitrogens with zero attached hydrogens (tertiary/aromatic N) is 2. The number of aryl methyl sites for hydroxylation is 1. The Labute approximate surface area is 156 Å². The lowest BCUT2D eigenvalue weighted by Gasteiger charge is -2.11. The zero-order valence-corrected chi connectivity index (χ0v) is 15.8. The predicted molar refractivity (Wildman–Crippen MR) is 102 cm³/mol. The molecule has 26 heavy (non-hydrogen) atoms. The van der Waals surface area contributed by atoms with Gasteiger partial charge in [-0.25, -0.2) is 0 Å². The predicted octanol–water partition coefficient (Wildman–Crippen LogP) is 3.37. The maximum atomic E-state index is 12.4. The fourth-order valence-electron chi connectivity index (χ4n) is 2.64. The molecule has 1 N–H and O–H groups in total. The van der Waals surface area contributed by atoms with E-state index >= 15 is 0 Å². The quantitative estimate of drug-likeness (QED) is 0.692. The van der Waals surface area contributed by atoms with E-state index in [2.05, 4.69) is 22.5 Å². The summed E-state index contributed by atoms with van der Waals surface area (Å²) in [6.07, 6.45) is 0. The molecule has 0 saturated heterocycles. The van der Waals surface area contributed by atoms with E-state index in [1.165, 1.54) is 7.11 Å².